The molecule has 0 spiro atoms. The maximum Gasteiger partial charge on any atom is 0.337 e. The van der Waals surface area contributed by atoms with Gasteiger partial charge in [-0.25, -0.2) is 9.78 Å². The SMILES string of the molecule is COC(=O)c1ccc(CSNc2ccc(-c3nc4ccc(C)cc4s3)cc2)cc1. The number of thiazole rings is 1. The first-order chi connectivity index (χ1) is 14.1. The van der Waals surface area contributed by atoms with Gasteiger partial charge >= 0.3 is 5.97 Å². The van der Waals surface area contributed by atoms with Crippen molar-refractivity contribution in [2.45, 2.75) is 12.7 Å². The van der Waals surface area contributed by atoms with E-state index in [0.29, 0.717) is 5.56 Å². The molecule has 0 saturated carbocycles. The van der Waals surface area contributed by atoms with Crippen LogP contribution in [0.3, 0.4) is 0 Å². The summed E-state index contributed by atoms with van der Waals surface area (Å²) in [6.45, 7) is 2.10. The molecule has 4 aromatic rings. The second kappa shape index (κ2) is 8.68. The zero-order valence-corrected chi connectivity index (χ0v) is 17.8. The normalized spacial score (nSPS) is 10.8. The molecule has 3 aromatic carbocycles. The summed E-state index contributed by atoms with van der Waals surface area (Å²) in [5.41, 5.74) is 6.17. The predicted molar refractivity (Wildman–Crippen MR) is 122 cm³/mol. The molecule has 1 N–H and O–H groups in total. The van der Waals surface area contributed by atoms with Gasteiger partial charge in [-0.05, 0) is 78.5 Å². The Labute approximate surface area is 178 Å². The Morgan fingerprint density at radius 1 is 1.07 bits per heavy atom. The number of carbonyl (C=O) groups is 1. The molecule has 0 atom stereocenters. The lowest BCUT2D eigenvalue weighted by Gasteiger charge is -2.07. The molecular formula is C23H20N2O2S2. The number of aryl methyl sites for hydroxylation is 1. The highest BCUT2D eigenvalue weighted by Gasteiger charge is 2.07. The van der Waals surface area contributed by atoms with Crippen molar-refractivity contribution < 1.29 is 9.53 Å². The number of methoxy groups -OCH3 is 1. The topological polar surface area (TPSA) is 51.2 Å². The average molecular weight is 421 g/mol. The monoisotopic (exact) mass is 420 g/mol. The van der Waals surface area contributed by atoms with Gasteiger partial charge in [-0.1, -0.05) is 18.2 Å². The maximum absolute atomic E-state index is 11.5. The van der Waals surface area contributed by atoms with Crippen molar-refractivity contribution in [2.24, 2.45) is 0 Å². The molecule has 4 rings (SSSR count). The number of ether oxygens (including phenoxy) is 1. The van der Waals surface area contributed by atoms with Crippen molar-refractivity contribution in [3.8, 4) is 10.6 Å². The van der Waals surface area contributed by atoms with Gasteiger partial charge in [0.25, 0.3) is 0 Å². The minimum atomic E-state index is -0.314. The van der Waals surface area contributed by atoms with Gasteiger partial charge in [0.1, 0.15) is 5.01 Å². The second-order valence-corrected chi connectivity index (χ2v) is 8.46. The third-order valence-electron chi connectivity index (χ3n) is 4.48. The van der Waals surface area contributed by atoms with Crippen LogP contribution in [0.1, 0.15) is 21.5 Å². The molecule has 6 heteroatoms. The number of fused-ring (bicyclic) bond motifs is 1. The van der Waals surface area contributed by atoms with Crippen LogP contribution in [0, 0.1) is 6.92 Å². The lowest BCUT2D eigenvalue weighted by atomic mass is 10.1. The summed E-state index contributed by atoms with van der Waals surface area (Å²) in [7, 11) is 1.39. The molecule has 0 aliphatic heterocycles. The molecule has 146 valence electrons. The molecular weight excluding hydrogens is 400 g/mol. The van der Waals surface area contributed by atoms with Crippen LogP contribution in [0.15, 0.2) is 66.7 Å². The summed E-state index contributed by atoms with van der Waals surface area (Å²) in [5.74, 6) is 0.478. The fourth-order valence-electron chi connectivity index (χ4n) is 2.89. The van der Waals surface area contributed by atoms with E-state index in [4.69, 9.17) is 9.72 Å². The molecule has 1 heterocycles. The highest BCUT2D eigenvalue weighted by molar-refractivity contribution is 7.99. The molecule has 0 amide bonds. The van der Waals surface area contributed by atoms with Gasteiger partial charge in [0.05, 0.1) is 22.9 Å². The van der Waals surface area contributed by atoms with E-state index >= 15 is 0 Å². The Morgan fingerprint density at radius 3 is 2.55 bits per heavy atom. The van der Waals surface area contributed by atoms with Crippen LogP contribution < -0.4 is 4.72 Å². The fourth-order valence-corrected chi connectivity index (χ4v) is 4.70. The lowest BCUT2D eigenvalue weighted by Crippen LogP contribution is -2.00. The van der Waals surface area contributed by atoms with Gasteiger partial charge in [-0.15, -0.1) is 11.3 Å². The summed E-state index contributed by atoms with van der Waals surface area (Å²) in [4.78, 5) is 16.2. The van der Waals surface area contributed by atoms with Crippen LogP contribution in [0.5, 0.6) is 0 Å². The smallest absolute Gasteiger partial charge is 0.337 e. The second-order valence-electron chi connectivity index (χ2n) is 6.65. The van der Waals surface area contributed by atoms with E-state index < -0.39 is 0 Å². The Balaban J connectivity index is 1.36. The van der Waals surface area contributed by atoms with Gasteiger partial charge in [-0.3, -0.25) is 0 Å². The first-order valence-corrected chi connectivity index (χ1v) is 11.0. The zero-order valence-electron chi connectivity index (χ0n) is 16.1. The Bertz CT molecular complexity index is 1140. The largest absolute Gasteiger partial charge is 0.465 e. The van der Waals surface area contributed by atoms with Crippen LogP contribution in [-0.2, 0) is 10.5 Å². The molecule has 0 fully saturated rings. The van der Waals surface area contributed by atoms with Crippen molar-refractivity contribution in [1.29, 1.82) is 0 Å². The van der Waals surface area contributed by atoms with Crippen molar-refractivity contribution in [2.75, 3.05) is 11.8 Å². The maximum atomic E-state index is 11.5. The standard InChI is InChI=1S/C23H20N2O2S2/c1-15-3-12-20-21(13-15)29-22(24-20)17-8-10-19(11-9-17)25-28-14-16-4-6-18(7-5-16)23(26)27-2/h3-13,25H,14H2,1-2H3. The molecule has 0 unspecified atom stereocenters. The Morgan fingerprint density at radius 2 is 1.83 bits per heavy atom. The summed E-state index contributed by atoms with van der Waals surface area (Å²) < 4.78 is 9.30. The van der Waals surface area contributed by atoms with Crippen molar-refractivity contribution in [3.63, 3.8) is 0 Å². The van der Waals surface area contributed by atoms with E-state index in [0.717, 1.165) is 33.1 Å². The summed E-state index contributed by atoms with van der Waals surface area (Å²) in [6, 6.07) is 22.1. The quantitative estimate of drug-likeness (QED) is 0.292. The molecule has 29 heavy (non-hydrogen) atoms. The van der Waals surface area contributed by atoms with E-state index in [1.165, 1.54) is 17.4 Å². The predicted octanol–water partition coefficient (Wildman–Crippen LogP) is 6.32. The van der Waals surface area contributed by atoms with E-state index in [2.05, 4.69) is 54.1 Å². The fraction of sp³-hybridized carbons (Fsp3) is 0.130. The summed E-state index contributed by atoms with van der Waals surface area (Å²) >= 11 is 3.33. The first-order valence-electron chi connectivity index (χ1n) is 9.15. The van der Waals surface area contributed by atoms with Gasteiger partial charge in [-0.2, -0.15) is 0 Å². The van der Waals surface area contributed by atoms with Crippen LogP contribution in [0.4, 0.5) is 5.69 Å². The van der Waals surface area contributed by atoms with Crippen LogP contribution in [-0.4, -0.2) is 18.1 Å². The van der Waals surface area contributed by atoms with Gasteiger partial charge in [0.15, 0.2) is 0 Å². The van der Waals surface area contributed by atoms with Gasteiger partial charge in [0, 0.05) is 17.0 Å². The van der Waals surface area contributed by atoms with E-state index in [9.17, 15) is 4.79 Å². The number of aromatic nitrogens is 1. The van der Waals surface area contributed by atoms with Crippen LogP contribution >= 0.6 is 23.3 Å². The Hall–Kier alpha value is -2.83. The molecule has 1 aromatic heterocycles. The first kappa shape index (κ1) is 19.5. The minimum Gasteiger partial charge on any atom is -0.465 e. The number of carbonyl (C=O) groups excluding carboxylic acids is 1. The number of hydrogen-bond donors (Lipinski definition) is 1. The number of esters is 1. The lowest BCUT2D eigenvalue weighted by molar-refractivity contribution is 0.0600. The molecule has 0 saturated heterocycles. The Kier molecular flexibility index (Phi) is 5.83. The minimum absolute atomic E-state index is 0.314. The van der Waals surface area contributed by atoms with Crippen molar-refractivity contribution in [1.82, 2.24) is 4.98 Å². The van der Waals surface area contributed by atoms with Crippen LogP contribution in [0.25, 0.3) is 20.8 Å². The summed E-state index contributed by atoms with van der Waals surface area (Å²) in [5, 5.41) is 1.04. The van der Waals surface area contributed by atoms with Crippen molar-refractivity contribution in [3.05, 3.63) is 83.4 Å². The van der Waals surface area contributed by atoms with Gasteiger partial charge < -0.3 is 9.46 Å². The van der Waals surface area contributed by atoms with Gasteiger partial charge in [0.2, 0.25) is 0 Å². The van der Waals surface area contributed by atoms with E-state index in [1.807, 2.05) is 12.1 Å². The number of nitrogens with zero attached hydrogens (tertiary/aromatic N) is 1. The molecule has 0 radical (unpaired) electrons. The number of anilines is 1. The highest BCUT2D eigenvalue weighted by atomic mass is 32.2. The molecule has 0 aliphatic carbocycles. The molecule has 0 bridgehead atoms. The average Bonchev–Trinajstić information content (AvgIpc) is 3.17. The van der Waals surface area contributed by atoms with E-state index in [1.54, 1.807) is 35.4 Å². The number of benzene rings is 3. The zero-order chi connectivity index (χ0) is 20.2. The molecule has 0 aliphatic rings. The third-order valence-corrected chi connectivity index (χ3v) is 6.40. The summed E-state index contributed by atoms with van der Waals surface area (Å²) in [6.07, 6.45) is 0. The highest BCUT2D eigenvalue weighted by Crippen LogP contribution is 2.31. The molecule has 4 nitrogen and oxygen atoms in total. The number of rotatable bonds is 6. The van der Waals surface area contributed by atoms with Crippen LogP contribution in [0.2, 0.25) is 0 Å². The third kappa shape index (κ3) is 4.60. The van der Waals surface area contributed by atoms with E-state index in [-0.39, 0.29) is 5.97 Å². The number of nitrogens with one attached hydrogen (secondary N) is 1. The van der Waals surface area contributed by atoms with Crippen molar-refractivity contribution >= 4 is 45.2 Å². The number of hydrogen-bond acceptors (Lipinski definition) is 6.